The Kier molecular flexibility index (Phi) is 4.49. The predicted octanol–water partition coefficient (Wildman–Crippen LogP) is 3.72. The quantitative estimate of drug-likeness (QED) is 0.688. The highest BCUT2D eigenvalue weighted by atomic mass is 16.5. The van der Waals surface area contributed by atoms with Crippen molar-refractivity contribution in [3.05, 3.63) is 87.7 Å². The van der Waals surface area contributed by atoms with E-state index in [1.165, 1.54) is 0 Å². The van der Waals surface area contributed by atoms with Crippen molar-refractivity contribution in [2.45, 2.75) is 13.8 Å². The van der Waals surface area contributed by atoms with Crippen LogP contribution in [0.15, 0.2) is 65.5 Å². The standard InChI is InChI=1S/C20H19N3O3/c1-5-23(6-2)16-10-14-15(22-20(25)19(24)21-14)11-18(16)26-17-8-7-12(3)9-13(17)4/h5-11H,1-2H2,3-4H3,(H,21,24)(H,22,25). The van der Waals surface area contributed by atoms with Gasteiger partial charge in [-0.25, -0.2) is 0 Å². The van der Waals surface area contributed by atoms with Crippen molar-refractivity contribution in [2.24, 2.45) is 0 Å². The van der Waals surface area contributed by atoms with Crippen molar-refractivity contribution >= 4 is 16.7 Å². The third-order valence-corrected chi connectivity index (χ3v) is 4.02. The average Bonchev–Trinajstić information content (AvgIpc) is 2.60. The second kappa shape index (κ2) is 6.76. The first-order chi connectivity index (χ1) is 12.4. The van der Waals surface area contributed by atoms with Gasteiger partial charge in [0, 0.05) is 18.5 Å². The Bertz CT molecular complexity index is 1120. The minimum Gasteiger partial charge on any atom is -0.455 e. The molecule has 26 heavy (non-hydrogen) atoms. The van der Waals surface area contributed by atoms with Crippen LogP contribution in [0.3, 0.4) is 0 Å². The molecular weight excluding hydrogens is 330 g/mol. The fourth-order valence-electron chi connectivity index (χ4n) is 2.72. The van der Waals surface area contributed by atoms with Gasteiger partial charge in [0.05, 0.1) is 16.7 Å². The molecule has 0 fully saturated rings. The number of hydrogen-bond donors (Lipinski definition) is 2. The van der Waals surface area contributed by atoms with E-state index in [1.54, 1.807) is 29.4 Å². The number of fused-ring (bicyclic) bond motifs is 1. The molecule has 132 valence electrons. The van der Waals surface area contributed by atoms with Crippen molar-refractivity contribution in [1.82, 2.24) is 9.97 Å². The number of benzene rings is 2. The first kappa shape index (κ1) is 17.3. The SMILES string of the molecule is C=CN(C=C)c1cc2[nH]c(=O)c(=O)[nH]c2cc1Oc1ccc(C)cc1C. The largest absolute Gasteiger partial charge is 0.455 e. The van der Waals surface area contributed by atoms with Crippen LogP contribution in [0.1, 0.15) is 11.1 Å². The molecule has 1 aromatic heterocycles. The molecule has 3 aromatic rings. The van der Waals surface area contributed by atoms with Gasteiger partial charge < -0.3 is 19.6 Å². The molecule has 3 rings (SSSR count). The summed E-state index contributed by atoms with van der Waals surface area (Å²) >= 11 is 0. The first-order valence-corrected chi connectivity index (χ1v) is 8.02. The smallest absolute Gasteiger partial charge is 0.314 e. The van der Waals surface area contributed by atoms with Crippen molar-refractivity contribution in [2.75, 3.05) is 4.90 Å². The predicted molar refractivity (Wildman–Crippen MR) is 104 cm³/mol. The van der Waals surface area contributed by atoms with E-state index in [9.17, 15) is 9.59 Å². The zero-order chi connectivity index (χ0) is 18.8. The lowest BCUT2D eigenvalue weighted by Gasteiger charge is -2.20. The van der Waals surface area contributed by atoms with Gasteiger partial charge in [-0.2, -0.15) is 0 Å². The van der Waals surface area contributed by atoms with E-state index >= 15 is 0 Å². The molecule has 0 aliphatic heterocycles. The van der Waals surface area contributed by atoms with Crippen LogP contribution in [0.25, 0.3) is 11.0 Å². The lowest BCUT2D eigenvalue weighted by molar-refractivity contribution is 0.480. The van der Waals surface area contributed by atoms with Gasteiger partial charge in [-0.1, -0.05) is 30.9 Å². The Hall–Kier alpha value is -3.54. The highest BCUT2D eigenvalue weighted by molar-refractivity contribution is 5.83. The van der Waals surface area contributed by atoms with Gasteiger partial charge in [0.2, 0.25) is 0 Å². The molecule has 0 aliphatic carbocycles. The summed E-state index contributed by atoms with van der Waals surface area (Å²) in [4.78, 5) is 30.1. The van der Waals surface area contributed by atoms with Gasteiger partial charge in [-0.3, -0.25) is 9.59 Å². The number of ether oxygens (including phenoxy) is 1. The molecule has 0 saturated carbocycles. The molecule has 0 unspecified atom stereocenters. The average molecular weight is 349 g/mol. The maximum atomic E-state index is 11.6. The van der Waals surface area contributed by atoms with Gasteiger partial charge in [0.25, 0.3) is 0 Å². The summed E-state index contributed by atoms with van der Waals surface area (Å²) < 4.78 is 6.11. The van der Waals surface area contributed by atoms with E-state index in [-0.39, 0.29) is 0 Å². The summed E-state index contributed by atoms with van der Waals surface area (Å²) in [5.74, 6) is 1.18. The number of hydrogen-bond acceptors (Lipinski definition) is 4. The number of aromatic nitrogens is 2. The summed E-state index contributed by atoms with van der Waals surface area (Å²) in [6, 6.07) is 9.24. The summed E-state index contributed by atoms with van der Waals surface area (Å²) in [5, 5.41) is 0. The van der Waals surface area contributed by atoms with Gasteiger partial charge in [-0.05, 0) is 31.5 Å². The van der Waals surface area contributed by atoms with Crippen LogP contribution in [0, 0.1) is 13.8 Å². The Labute approximate surface area is 150 Å². The maximum Gasteiger partial charge on any atom is 0.314 e. The van der Waals surface area contributed by atoms with Crippen LogP contribution in [0.2, 0.25) is 0 Å². The van der Waals surface area contributed by atoms with Crippen LogP contribution in [-0.2, 0) is 0 Å². The van der Waals surface area contributed by atoms with E-state index in [1.807, 2.05) is 32.0 Å². The highest BCUT2D eigenvalue weighted by Crippen LogP contribution is 2.36. The number of anilines is 1. The van der Waals surface area contributed by atoms with E-state index < -0.39 is 11.1 Å². The molecule has 0 aliphatic rings. The van der Waals surface area contributed by atoms with Crippen molar-refractivity contribution in [3.63, 3.8) is 0 Å². The molecule has 0 bridgehead atoms. The summed E-state index contributed by atoms with van der Waals surface area (Å²) in [5.41, 5.74) is 2.26. The second-order valence-electron chi connectivity index (χ2n) is 5.92. The van der Waals surface area contributed by atoms with Gasteiger partial charge >= 0.3 is 11.1 Å². The Balaban J connectivity index is 2.23. The van der Waals surface area contributed by atoms with Gasteiger partial charge in [0.15, 0.2) is 5.75 Å². The summed E-state index contributed by atoms with van der Waals surface area (Å²) in [7, 11) is 0. The van der Waals surface area contributed by atoms with Crippen LogP contribution < -0.4 is 20.8 Å². The van der Waals surface area contributed by atoms with Crippen molar-refractivity contribution < 1.29 is 4.74 Å². The minimum absolute atomic E-state index is 0.464. The molecule has 2 N–H and O–H groups in total. The zero-order valence-corrected chi connectivity index (χ0v) is 14.6. The normalized spacial score (nSPS) is 10.5. The second-order valence-corrected chi connectivity index (χ2v) is 5.92. The lowest BCUT2D eigenvalue weighted by atomic mass is 10.1. The fraction of sp³-hybridized carbons (Fsp3) is 0.100. The molecule has 0 atom stereocenters. The van der Waals surface area contributed by atoms with Crippen LogP contribution in [-0.4, -0.2) is 9.97 Å². The highest BCUT2D eigenvalue weighted by Gasteiger charge is 2.14. The molecule has 1 heterocycles. The Morgan fingerprint density at radius 3 is 2.12 bits per heavy atom. The molecular formula is C20H19N3O3. The number of aryl methyl sites for hydroxylation is 2. The Morgan fingerprint density at radius 2 is 1.54 bits per heavy atom. The van der Waals surface area contributed by atoms with E-state index in [2.05, 4.69) is 23.1 Å². The third kappa shape index (κ3) is 3.17. The van der Waals surface area contributed by atoms with Gasteiger partial charge in [-0.15, -0.1) is 0 Å². The van der Waals surface area contributed by atoms with E-state index in [4.69, 9.17) is 4.74 Å². The number of nitrogens with one attached hydrogen (secondary N) is 2. The molecule has 0 spiro atoms. The fourth-order valence-corrected chi connectivity index (χ4v) is 2.72. The topological polar surface area (TPSA) is 78.2 Å². The molecule has 0 radical (unpaired) electrons. The van der Waals surface area contributed by atoms with Crippen molar-refractivity contribution in [1.29, 1.82) is 0 Å². The number of aromatic amines is 2. The van der Waals surface area contributed by atoms with E-state index in [0.717, 1.165) is 11.1 Å². The third-order valence-electron chi connectivity index (χ3n) is 4.02. The van der Waals surface area contributed by atoms with Crippen LogP contribution in [0.5, 0.6) is 11.5 Å². The summed E-state index contributed by atoms with van der Waals surface area (Å²) in [6.07, 6.45) is 3.15. The number of rotatable bonds is 5. The molecule has 6 heteroatoms. The monoisotopic (exact) mass is 349 g/mol. The van der Waals surface area contributed by atoms with Crippen molar-refractivity contribution in [3.8, 4) is 11.5 Å². The van der Waals surface area contributed by atoms with Crippen LogP contribution in [0.4, 0.5) is 5.69 Å². The van der Waals surface area contributed by atoms with E-state index in [0.29, 0.717) is 28.2 Å². The Morgan fingerprint density at radius 1 is 0.923 bits per heavy atom. The number of nitrogens with zero attached hydrogens (tertiary/aromatic N) is 1. The lowest BCUT2D eigenvalue weighted by Crippen LogP contribution is -2.29. The zero-order valence-electron chi connectivity index (χ0n) is 14.6. The van der Waals surface area contributed by atoms with Crippen LogP contribution >= 0.6 is 0 Å². The number of H-pyrrole nitrogens is 2. The summed E-state index contributed by atoms with van der Waals surface area (Å²) in [6.45, 7) is 11.5. The minimum atomic E-state index is -0.716. The molecule has 0 amide bonds. The van der Waals surface area contributed by atoms with Gasteiger partial charge in [0.1, 0.15) is 5.75 Å². The molecule has 2 aromatic carbocycles. The molecule has 0 saturated heterocycles. The molecule has 6 nitrogen and oxygen atoms in total. The maximum absolute atomic E-state index is 11.6. The first-order valence-electron chi connectivity index (χ1n) is 8.02.